The van der Waals surface area contributed by atoms with Gasteiger partial charge < -0.3 is 14.4 Å². The number of carbonyl (C=O) groups is 2. The summed E-state index contributed by atoms with van der Waals surface area (Å²) in [5.41, 5.74) is 2.13. The number of amides is 1. The van der Waals surface area contributed by atoms with E-state index in [1.54, 1.807) is 49.4 Å². The van der Waals surface area contributed by atoms with Crippen LogP contribution in [0.2, 0.25) is 0 Å². The van der Waals surface area contributed by atoms with E-state index in [4.69, 9.17) is 9.26 Å². The third kappa shape index (κ3) is 4.59. The summed E-state index contributed by atoms with van der Waals surface area (Å²) in [7, 11) is 0. The van der Waals surface area contributed by atoms with Crippen molar-refractivity contribution in [2.24, 2.45) is 0 Å². The lowest BCUT2D eigenvalue weighted by atomic mass is 9.95. The number of anilines is 1. The highest BCUT2D eigenvalue weighted by Crippen LogP contribution is 2.42. The van der Waals surface area contributed by atoms with Crippen LogP contribution in [0.1, 0.15) is 54.7 Å². The number of nitrogens with zero attached hydrogens (tertiary/aromatic N) is 2. The molecule has 176 valence electrons. The number of ketones is 1. The molecular formula is C27H28N2O5. The van der Waals surface area contributed by atoms with E-state index in [0.717, 1.165) is 24.8 Å². The van der Waals surface area contributed by atoms with Gasteiger partial charge in [-0.1, -0.05) is 66.9 Å². The van der Waals surface area contributed by atoms with Gasteiger partial charge in [-0.3, -0.25) is 14.5 Å². The van der Waals surface area contributed by atoms with Crippen LogP contribution in [0.3, 0.4) is 0 Å². The second-order valence-electron chi connectivity index (χ2n) is 8.46. The van der Waals surface area contributed by atoms with Crippen molar-refractivity contribution in [1.29, 1.82) is 0 Å². The van der Waals surface area contributed by atoms with Crippen LogP contribution in [0, 0.1) is 13.8 Å². The maximum absolute atomic E-state index is 13.1. The van der Waals surface area contributed by atoms with Gasteiger partial charge in [0.15, 0.2) is 5.82 Å². The molecule has 7 heteroatoms. The number of unbranched alkanes of at least 4 members (excludes halogenated alkanes) is 2. The Balaban J connectivity index is 1.76. The van der Waals surface area contributed by atoms with E-state index in [9.17, 15) is 14.7 Å². The summed E-state index contributed by atoms with van der Waals surface area (Å²) in [5, 5.41) is 15.1. The average Bonchev–Trinajstić information content (AvgIpc) is 3.37. The molecule has 1 aliphatic rings. The number of aromatic nitrogens is 1. The minimum absolute atomic E-state index is 0.00567. The monoisotopic (exact) mass is 460 g/mol. The summed E-state index contributed by atoms with van der Waals surface area (Å²) in [6.45, 7) is 6.40. The Hall–Kier alpha value is -3.87. The molecule has 0 radical (unpaired) electrons. The quantitative estimate of drug-likeness (QED) is 0.207. The van der Waals surface area contributed by atoms with Crippen LogP contribution in [-0.2, 0) is 9.59 Å². The Morgan fingerprint density at radius 3 is 2.38 bits per heavy atom. The van der Waals surface area contributed by atoms with E-state index in [2.05, 4.69) is 12.1 Å². The molecule has 2 aromatic carbocycles. The highest BCUT2D eigenvalue weighted by Gasteiger charge is 2.48. The lowest BCUT2D eigenvalue weighted by Gasteiger charge is -2.23. The lowest BCUT2D eigenvalue weighted by Crippen LogP contribution is -2.29. The van der Waals surface area contributed by atoms with E-state index in [-0.39, 0.29) is 17.2 Å². The van der Waals surface area contributed by atoms with Crippen molar-refractivity contribution in [3.63, 3.8) is 0 Å². The normalized spacial score (nSPS) is 17.4. The van der Waals surface area contributed by atoms with E-state index >= 15 is 0 Å². The van der Waals surface area contributed by atoms with Crippen molar-refractivity contribution >= 4 is 23.3 Å². The molecule has 0 saturated carbocycles. The number of aryl methyl sites for hydroxylation is 2. The first-order chi connectivity index (χ1) is 16.4. The number of aliphatic hydroxyl groups is 1. The second kappa shape index (κ2) is 9.95. The van der Waals surface area contributed by atoms with Gasteiger partial charge in [-0.25, -0.2) is 0 Å². The Morgan fingerprint density at radius 2 is 1.76 bits per heavy atom. The molecule has 2 heterocycles. The van der Waals surface area contributed by atoms with Gasteiger partial charge in [0.1, 0.15) is 17.3 Å². The smallest absolute Gasteiger partial charge is 0.301 e. The number of carbonyl (C=O) groups excluding carboxylic acids is 2. The molecule has 1 amide bonds. The largest absolute Gasteiger partial charge is 0.507 e. The molecule has 1 N–H and O–H groups in total. The molecule has 3 aromatic rings. The number of Topliss-reactive ketones (excluding diaryl/α,β-unsaturated/α-hetero) is 1. The molecule has 1 saturated heterocycles. The van der Waals surface area contributed by atoms with Crippen molar-refractivity contribution in [2.45, 2.75) is 46.1 Å². The fourth-order valence-corrected chi connectivity index (χ4v) is 4.01. The predicted molar refractivity (Wildman–Crippen MR) is 129 cm³/mol. The van der Waals surface area contributed by atoms with Crippen molar-refractivity contribution < 1.29 is 24.0 Å². The highest BCUT2D eigenvalue weighted by molar-refractivity contribution is 6.51. The van der Waals surface area contributed by atoms with Gasteiger partial charge in [0, 0.05) is 11.6 Å². The second-order valence-corrected chi connectivity index (χ2v) is 8.46. The molecular weight excluding hydrogens is 432 g/mol. The van der Waals surface area contributed by atoms with Crippen LogP contribution < -0.4 is 9.64 Å². The first-order valence-electron chi connectivity index (χ1n) is 11.4. The number of aliphatic hydroxyl groups excluding tert-OH is 1. The molecule has 1 atom stereocenters. The standard InChI is InChI=1S/C27H28N2O5/c1-4-5-6-15-33-21-13-11-19(12-14-21)24-23(25(30)20-9-7-17(2)8-10-20)26(31)27(32)29(24)22-16-18(3)34-28-22/h7-14,16,24,30H,4-6,15H2,1-3H3/b25-23+/t24-/m0/s1. The summed E-state index contributed by atoms with van der Waals surface area (Å²) >= 11 is 0. The fraction of sp³-hybridized carbons (Fsp3) is 0.296. The minimum Gasteiger partial charge on any atom is -0.507 e. The molecule has 0 unspecified atom stereocenters. The summed E-state index contributed by atoms with van der Waals surface area (Å²) in [4.78, 5) is 27.5. The number of ether oxygens (including phenoxy) is 1. The molecule has 34 heavy (non-hydrogen) atoms. The van der Waals surface area contributed by atoms with Crippen molar-refractivity contribution in [2.75, 3.05) is 11.5 Å². The zero-order chi connectivity index (χ0) is 24.2. The van der Waals surface area contributed by atoms with Gasteiger partial charge >= 0.3 is 5.91 Å². The van der Waals surface area contributed by atoms with Crippen LogP contribution in [0.5, 0.6) is 5.75 Å². The molecule has 0 spiro atoms. The molecule has 0 aliphatic carbocycles. The molecule has 0 bridgehead atoms. The van der Waals surface area contributed by atoms with Crippen molar-refractivity contribution in [3.8, 4) is 5.75 Å². The average molecular weight is 461 g/mol. The maximum atomic E-state index is 13.1. The Bertz CT molecular complexity index is 1210. The predicted octanol–water partition coefficient (Wildman–Crippen LogP) is 5.49. The first-order valence-corrected chi connectivity index (χ1v) is 11.4. The summed E-state index contributed by atoms with van der Waals surface area (Å²) < 4.78 is 11.0. The summed E-state index contributed by atoms with van der Waals surface area (Å²) in [6.07, 6.45) is 3.19. The SMILES string of the molecule is CCCCCOc1ccc([C@H]2/C(=C(\O)c3ccc(C)cc3)C(=O)C(=O)N2c2cc(C)on2)cc1. The maximum Gasteiger partial charge on any atom is 0.301 e. The van der Waals surface area contributed by atoms with Crippen LogP contribution >= 0.6 is 0 Å². The topological polar surface area (TPSA) is 92.9 Å². The summed E-state index contributed by atoms with van der Waals surface area (Å²) in [6, 6.07) is 15.1. The van der Waals surface area contributed by atoms with Gasteiger partial charge in [0.05, 0.1) is 18.2 Å². The molecule has 4 rings (SSSR count). The van der Waals surface area contributed by atoms with Crippen LogP contribution in [0.15, 0.2) is 64.7 Å². The van der Waals surface area contributed by atoms with Crippen molar-refractivity contribution in [1.82, 2.24) is 5.16 Å². The van der Waals surface area contributed by atoms with Gasteiger partial charge in [0.25, 0.3) is 5.78 Å². The number of hydrogen-bond acceptors (Lipinski definition) is 6. The van der Waals surface area contributed by atoms with Gasteiger partial charge in [-0.05, 0) is 38.0 Å². The van der Waals surface area contributed by atoms with E-state index in [1.165, 1.54) is 4.90 Å². The van der Waals surface area contributed by atoms with Gasteiger partial charge in [-0.2, -0.15) is 0 Å². The number of rotatable bonds is 8. The highest BCUT2D eigenvalue weighted by atomic mass is 16.5. The lowest BCUT2D eigenvalue weighted by molar-refractivity contribution is -0.132. The zero-order valence-corrected chi connectivity index (χ0v) is 19.6. The molecule has 1 aromatic heterocycles. The van der Waals surface area contributed by atoms with E-state index in [1.807, 2.05) is 19.1 Å². The van der Waals surface area contributed by atoms with Crippen LogP contribution in [0.4, 0.5) is 5.82 Å². The first kappa shape index (κ1) is 23.3. The van der Waals surface area contributed by atoms with E-state index in [0.29, 0.717) is 29.2 Å². The Labute approximate surface area is 198 Å². The summed E-state index contributed by atoms with van der Waals surface area (Å²) in [5.74, 6) is -0.355. The van der Waals surface area contributed by atoms with Gasteiger partial charge in [0.2, 0.25) is 0 Å². The zero-order valence-electron chi connectivity index (χ0n) is 19.6. The third-order valence-corrected chi connectivity index (χ3v) is 5.84. The van der Waals surface area contributed by atoms with E-state index < -0.39 is 17.7 Å². The molecule has 1 fully saturated rings. The van der Waals surface area contributed by atoms with Crippen LogP contribution in [0.25, 0.3) is 5.76 Å². The third-order valence-electron chi connectivity index (χ3n) is 5.84. The molecule has 1 aliphatic heterocycles. The molecule has 7 nitrogen and oxygen atoms in total. The number of hydrogen-bond donors (Lipinski definition) is 1. The number of benzene rings is 2. The van der Waals surface area contributed by atoms with Crippen LogP contribution in [-0.4, -0.2) is 28.6 Å². The Morgan fingerprint density at radius 1 is 1.06 bits per heavy atom. The minimum atomic E-state index is -0.861. The van der Waals surface area contributed by atoms with Crippen molar-refractivity contribution in [3.05, 3.63) is 82.6 Å². The van der Waals surface area contributed by atoms with Gasteiger partial charge in [-0.15, -0.1) is 0 Å². The fourth-order valence-electron chi connectivity index (χ4n) is 4.01. The Kier molecular flexibility index (Phi) is 6.82.